The zero-order valence-electron chi connectivity index (χ0n) is 11.7. The largest absolute Gasteiger partial charge is 0.497 e. The second-order valence-corrected chi connectivity index (χ2v) is 5.72. The lowest BCUT2D eigenvalue weighted by molar-refractivity contribution is -0.147. The first kappa shape index (κ1) is 13.4. The molecule has 1 unspecified atom stereocenters. The molecule has 1 atom stereocenters. The number of carbonyl (C=O) groups is 1. The minimum absolute atomic E-state index is 0.286. The number of aryl methyl sites for hydroxylation is 1. The molecule has 4 nitrogen and oxygen atoms in total. The van der Waals surface area contributed by atoms with Crippen molar-refractivity contribution in [3.63, 3.8) is 0 Å². The van der Waals surface area contributed by atoms with Crippen molar-refractivity contribution in [1.82, 2.24) is 0 Å². The SMILES string of the molecule is COc1ccc2c(c1)C1(CCOCC1)C(C(=O)O)CC2. The van der Waals surface area contributed by atoms with Crippen LogP contribution >= 0.6 is 0 Å². The zero-order chi connectivity index (χ0) is 14.2. The third-order valence-corrected chi connectivity index (χ3v) is 4.91. The molecule has 0 radical (unpaired) electrons. The van der Waals surface area contributed by atoms with E-state index in [0.717, 1.165) is 25.0 Å². The van der Waals surface area contributed by atoms with Gasteiger partial charge in [0.05, 0.1) is 13.0 Å². The lowest BCUT2D eigenvalue weighted by Crippen LogP contribution is -2.47. The molecule has 1 aliphatic heterocycles. The van der Waals surface area contributed by atoms with E-state index in [-0.39, 0.29) is 11.3 Å². The summed E-state index contributed by atoms with van der Waals surface area (Å²) < 4.78 is 10.8. The summed E-state index contributed by atoms with van der Waals surface area (Å²) in [7, 11) is 1.65. The zero-order valence-corrected chi connectivity index (χ0v) is 11.7. The van der Waals surface area contributed by atoms with E-state index in [2.05, 4.69) is 6.07 Å². The number of carboxylic acid groups (broad SMARTS) is 1. The van der Waals surface area contributed by atoms with Crippen LogP contribution in [0.1, 0.15) is 30.4 Å². The molecule has 108 valence electrons. The number of hydrogen-bond acceptors (Lipinski definition) is 3. The number of aliphatic carboxylic acids is 1. The van der Waals surface area contributed by atoms with E-state index in [0.29, 0.717) is 19.6 Å². The van der Waals surface area contributed by atoms with Crippen LogP contribution in [0.25, 0.3) is 0 Å². The maximum absolute atomic E-state index is 11.7. The molecule has 1 N–H and O–H groups in total. The Morgan fingerprint density at radius 2 is 2.15 bits per heavy atom. The molecule has 4 heteroatoms. The van der Waals surface area contributed by atoms with Crippen molar-refractivity contribution in [2.45, 2.75) is 31.1 Å². The van der Waals surface area contributed by atoms with E-state index >= 15 is 0 Å². The van der Waals surface area contributed by atoms with Gasteiger partial charge in [-0.1, -0.05) is 6.07 Å². The number of carboxylic acids is 1. The molecule has 1 spiro atoms. The van der Waals surface area contributed by atoms with Crippen molar-refractivity contribution in [3.8, 4) is 5.75 Å². The topological polar surface area (TPSA) is 55.8 Å². The molecule has 1 aromatic carbocycles. The fourth-order valence-corrected chi connectivity index (χ4v) is 3.84. The fraction of sp³-hybridized carbons (Fsp3) is 0.562. The second-order valence-electron chi connectivity index (χ2n) is 5.72. The smallest absolute Gasteiger partial charge is 0.307 e. The van der Waals surface area contributed by atoms with Gasteiger partial charge in [-0.3, -0.25) is 4.79 Å². The fourth-order valence-electron chi connectivity index (χ4n) is 3.84. The Bertz CT molecular complexity index is 517. The lowest BCUT2D eigenvalue weighted by Gasteiger charge is -2.46. The van der Waals surface area contributed by atoms with E-state index in [1.54, 1.807) is 7.11 Å². The molecule has 0 aromatic heterocycles. The summed E-state index contributed by atoms with van der Waals surface area (Å²) in [5.74, 6) is -0.188. The van der Waals surface area contributed by atoms with Gasteiger partial charge in [0.2, 0.25) is 0 Å². The lowest BCUT2D eigenvalue weighted by atomic mass is 9.59. The number of ether oxygens (including phenoxy) is 2. The highest BCUT2D eigenvalue weighted by Gasteiger charge is 2.48. The van der Waals surface area contributed by atoms with Crippen LogP contribution in [0.3, 0.4) is 0 Å². The first-order valence-corrected chi connectivity index (χ1v) is 7.15. The van der Waals surface area contributed by atoms with Gasteiger partial charge in [-0.05, 0) is 48.9 Å². The number of methoxy groups -OCH3 is 1. The van der Waals surface area contributed by atoms with E-state index < -0.39 is 5.97 Å². The average Bonchev–Trinajstić information content (AvgIpc) is 2.48. The molecule has 1 heterocycles. The third kappa shape index (κ3) is 1.99. The number of hydrogen-bond donors (Lipinski definition) is 1. The average molecular weight is 276 g/mol. The van der Waals surface area contributed by atoms with Crippen molar-refractivity contribution in [1.29, 1.82) is 0 Å². The standard InChI is InChI=1S/C16H20O4/c1-19-12-4-2-11-3-5-13(15(17)18)16(14(11)10-12)6-8-20-9-7-16/h2,4,10,13H,3,5-9H2,1H3,(H,17,18). The van der Waals surface area contributed by atoms with E-state index in [4.69, 9.17) is 9.47 Å². The highest BCUT2D eigenvalue weighted by Crippen LogP contribution is 2.49. The monoisotopic (exact) mass is 276 g/mol. The summed E-state index contributed by atoms with van der Waals surface area (Å²) in [6, 6.07) is 6.09. The molecule has 1 aliphatic carbocycles. The van der Waals surface area contributed by atoms with Gasteiger partial charge < -0.3 is 14.6 Å². The van der Waals surface area contributed by atoms with Gasteiger partial charge in [-0.15, -0.1) is 0 Å². The van der Waals surface area contributed by atoms with Crippen molar-refractivity contribution < 1.29 is 19.4 Å². The molecule has 0 amide bonds. The van der Waals surface area contributed by atoms with Crippen molar-refractivity contribution in [2.75, 3.05) is 20.3 Å². The van der Waals surface area contributed by atoms with Crippen LogP contribution in [0, 0.1) is 5.92 Å². The highest BCUT2D eigenvalue weighted by molar-refractivity contribution is 5.73. The van der Waals surface area contributed by atoms with Gasteiger partial charge in [0.15, 0.2) is 0 Å². The second kappa shape index (κ2) is 5.09. The Morgan fingerprint density at radius 1 is 1.40 bits per heavy atom. The van der Waals surface area contributed by atoms with Crippen LogP contribution in [-0.4, -0.2) is 31.4 Å². The van der Waals surface area contributed by atoms with Crippen LogP contribution in [0.5, 0.6) is 5.75 Å². The Balaban J connectivity index is 2.12. The third-order valence-electron chi connectivity index (χ3n) is 4.91. The van der Waals surface area contributed by atoms with E-state index in [1.807, 2.05) is 12.1 Å². The maximum Gasteiger partial charge on any atom is 0.307 e. The summed E-state index contributed by atoms with van der Waals surface area (Å²) in [6.07, 6.45) is 3.11. The van der Waals surface area contributed by atoms with Crippen molar-refractivity contribution >= 4 is 5.97 Å². The van der Waals surface area contributed by atoms with Gasteiger partial charge >= 0.3 is 5.97 Å². The van der Waals surface area contributed by atoms with Gasteiger partial charge in [-0.25, -0.2) is 0 Å². The molecule has 1 fully saturated rings. The van der Waals surface area contributed by atoms with Crippen LogP contribution in [0.2, 0.25) is 0 Å². The normalized spacial score (nSPS) is 24.1. The van der Waals surface area contributed by atoms with Crippen LogP contribution < -0.4 is 4.74 Å². The molecule has 1 saturated heterocycles. The predicted octanol–water partition coefficient (Wildman–Crippen LogP) is 2.39. The quantitative estimate of drug-likeness (QED) is 0.901. The summed E-state index contributed by atoms with van der Waals surface area (Å²) in [5.41, 5.74) is 2.15. The maximum atomic E-state index is 11.7. The minimum atomic E-state index is -0.680. The summed E-state index contributed by atoms with van der Waals surface area (Å²) >= 11 is 0. The van der Waals surface area contributed by atoms with Gasteiger partial charge in [-0.2, -0.15) is 0 Å². The molecule has 0 bridgehead atoms. The molecule has 0 saturated carbocycles. The first-order valence-electron chi connectivity index (χ1n) is 7.15. The number of rotatable bonds is 2. The van der Waals surface area contributed by atoms with E-state index in [9.17, 15) is 9.90 Å². The molecule has 20 heavy (non-hydrogen) atoms. The Labute approximate surface area is 118 Å². The summed E-state index contributed by atoms with van der Waals surface area (Å²) in [6.45, 7) is 1.28. The molecule has 2 aliphatic rings. The van der Waals surface area contributed by atoms with Crippen LogP contribution in [0.4, 0.5) is 0 Å². The Morgan fingerprint density at radius 3 is 2.80 bits per heavy atom. The molecular formula is C16H20O4. The minimum Gasteiger partial charge on any atom is -0.497 e. The number of benzene rings is 1. The summed E-state index contributed by atoms with van der Waals surface area (Å²) in [4.78, 5) is 11.7. The molecule has 3 rings (SSSR count). The van der Waals surface area contributed by atoms with Crippen molar-refractivity contribution in [3.05, 3.63) is 29.3 Å². The Kier molecular flexibility index (Phi) is 3.42. The van der Waals surface area contributed by atoms with Crippen LogP contribution in [0.15, 0.2) is 18.2 Å². The van der Waals surface area contributed by atoms with Gasteiger partial charge in [0.25, 0.3) is 0 Å². The number of fused-ring (bicyclic) bond motifs is 2. The highest BCUT2D eigenvalue weighted by atomic mass is 16.5. The summed E-state index contributed by atoms with van der Waals surface area (Å²) in [5, 5.41) is 9.64. The first-order chi connectivity index (χ1) is 9.67. The van der Waals surface area contributed by atoms with Crippen molar-refractivity contribution in [2.24, 2.45) is 5.92 Å². The molecular weight excluding hydrogens is 256 g/mol. The Hall–Kier alpha value is -1.55. The predicted molar refractivity (Wildman–Crippen MR) is 74.2 cm³/mol. The molecule has 1 aromatic rings. The van der Waals surface area contributed by atoms with Gasteiger partial charge in [0, 0.05) is 18.6 Å². The van der Waals surface area contributed by atoms with Gasteiger partial charge in [0.1, 0.15) is 5.75 Å². The van der Waals surface area contributed by atoms with Crippen LogP contribution in [-0.2, 0) is 21.4 Å². The van der Waals surface area contributed by atoms with E-state index in [1.165, 1.54) is 11.1 Å².